The third-order valence-corrected chi connectivity index (χ3v) is 3.59. The normalized spacial score (nSPS) is 16.7. The van der Waals surface area contributed by atoms with Crippen LogP contribution in [0.25, 0.3) is 0 Å². The molecule has 0 atom stereocenters. The fourth-order valence-electron chi connectivity index (χ4n) is 2.41. The molecule has 0 bridgehead atoms. The van der Waals surface area contributed by atoms with E-state index < -0.39 is 0 Å². The van der Waals surface area contributed by atoms with Crippen LogP contribution in [-0.4, -0.2) is 40.4 Å². The Hall–Kier alpha value is -1.27. The summed E-state index contributed by atoms with van der Waals surface area (Å²) in [5.41, 5.74) is 6.41. The Kier molecular flexibility index (Phi) is 5.47. The molecule has 0 amide bonds. The van der Waals surface area contributed by atoms with Crippen LogP contribution >= 0.6 is 0 Å². The number of aromatic nitrogens is 3. The van der Waals surface area contributed by atoms with E-state index in [4.69, 9.17) is 5.73 Å². The zero-order valence-electron chi connectivity index (χ0n) is 11.3. The maximum Gasteiger partial charge on any atom is 0.157 e. The number of nitrogens with two attached hydrogens (primary N) is 1. The first-order valence-corrected chi connectivity index (χ1v) is 7.12. The summed E-state index contributed by atoms with van der Waals surface area (Å²) in [5, 5.41) is 11.4. The van der Waals surface area contributed by atoms with Crippen LogP contribution in [0.4, 0.5) is 0 Å². The first kappa shape index (κ1) is 14.1. The van der Waals surface area contributed by atoms with Crippen molar-refractivity contribution in [1.29, 1.82) is 0 Å². The number of carbonyl (C=O) groups is 1. The molecule has 1 aromatic rings. The molecule has 0 saturated carbocycles. The van der Waals surface area contributed by atoms with Gasteiger partial charge in [-0.2, -0.15) is 0 Å². The van der Waals surface area contributed by atoms with Crippen molar-refractivity contribution in [2.75, 3.05) is 19.6 Å². The second-order valence-electron chi connectivity index (χ2n) is 5.14. The first-order chi connectivity index (χ1) is 9.29. The average molecular weight is 265 g/mol. The number of nitrogens with zero attached hydrogens (tertiary/aromatic N) is 3. The topological polar surface area (TPSA) is 85.8 Å². The molecule has 1 aliphatic rings. The van der Waals surface area contributed by atoms with Crippen LogP contribution in [-0.2, 0) is 17.8 Å². The fraction of sp³-hybridized carbons (Fsp3) is 0.769. The highest BCUT2D eigenvalue weighted by molar-refractivity contribution is 5.80. The van der Waals surface area contributed by atoms with Gasteiger partial charge in [0.15, 0.2) is 5.78 Å². The van der Waals surface area contributed by atoms with Gasteiger partial charge in [-0.15, -0.1) is 5.10 Å². The van der Waals surface area contributed by atoms with Crippen molar-refractivity contribution in [1.82, 2.24) is 20.3 Å². The molecule has 6 heteroatoms. The first-order valence-electron chi connectivity index (χ1n) is 7.12. The van der Waals surface area contributed by atoms with Crippen LogP contribution in [0.3, 0.4) is 0 Å². The molecule has 2 heterocycles. The number of piperidine rings is 1. The van der Waals surface area contributed by atoms with Crippen molar-refractivity contribution in [2.45, 2.75) is 38.6 Å². The van der Waals surface area contributed by atoms with Crippen molar-refractivity contribution in [3.63, 3.8) is 0 Å². The highest BCUT2D eigenvalue weighted by atomic mass is 16.1. The van der Waals surface area contributed by atoms with Crippen LogP contribution in [0.1, 0.15) is 31.4 Å². The number of aryl methyl sites for hydroxylation is 1. The summed E-state index contributed by atoms with van der Waals surface area (Å²) in [5.74, 6) is 0.464. The van der Waals surface area contributed by atoms with Crippen LogP contribution in [0.15, 0.2) is 6.20 Å². The summed E-state index contributed by atoms with van der Waals surface area (Å²) < 4.78 is 1.67. The van der Waals surface area contributed by atoms with Crippen LogP contribution in [0.5, 0.6) is 0 Å². The number of nitrogens with one attached hydrogen (secondary N) is 1. The van der Waals surface area contributed by atoms with E-state index >= 15 is 0 Å². The maximum absolute atomic E-state index is 12.1. The van der Waals surface area contributed by atoms with Crippen LogP contribution in [0, 0.1) is 5.92 Å². The minimum atomic E-state index is 0.186. The molecule has 1 fully saturated rings. The smallest absolute Gasteiger partial charge is 0.157 e. The molecule has 0 unspecified atom stereocenters. The summed E-state index contributed by atoms with van der Waals surface area (Å²) in [7, 11) is 0. The summed E-state index contributed by atoms with van der Waals surface area (Å²) in [6.07, 6.45) is 6.68. The second kappa shape index (κ2) is 7.35. The van der Waals surface area contributed by atoms with E-state index in [1.807, 2.05) is 6.20 Å². The Balaban J connectivity index is 1.80. The number of Topliss-reactive ketones (excluding diaryl/α,β-unsaturated/α-hetero) is 1. The molecule has 3 N–H and O–H groups in total. The van der Waals surface area contributed by atoms with Gasteiger partial charge in [0.25, 0.3) is 0 Å². The van der Waals surface area contributed by atoms with Gasteiger partial charge in [0, 0.05) is 12.1 Å². The highest BCUT2D eigenvalue weighted by Gasteiger charge is 2.21. The minimum absolute atomic E-state index is 0.186. The zero-order chi connectivity index (χ0) is 13.5. The van der Waals surface area contributed by atoms with Gasteiger partial charge in [-0.1, -0.05) is 5.21 Å². The van der Waals surface area contributed by atoms with Gasteiger partial charge < -0.3 is 11.1 Å². The number of unbranched alkanes of at least 4 members (excludes halogenated alkanes) is 1. The molecule has 6 nitrogen and oxygen atoms in total. The van der Waals surface area contributed by atoms with Gasteiger partial charge in [-0.05, 0) is 51.7 Å². The minimum Gasteiger partial charge on any atom is -0.330 e. The summed E-state index contributed by atoms with van der Waals surface area (Å²) in [6.45, 7) is 2.95. The Morgan fingerprint density at radius 3 is 2.95 bits per heavy atom. The lowest BCUT2D eigenvalue weighted by Gasteiger charge is -2.21. The largest absolute Gasteiger partial charge is 0.330 e. The SMILES string of the molecule is NCCCCc1cn(CC(=O)C2CCNCC2)nn1. The summed E-state index contributed by atoms with van der Waals surface area (Å²) in [4.78, 5) is 12.1. The molecule has 0 aromatic carbocycles. The molecule has 1 saturated heterocycles. The van der Waals surface area contributed by atoms with Crippen molar-refractivity contribution < 1.29 is 4.79 Å². The van der Waals surface area contributed by atoms with Crippen molar-refractivity contribution in [3.05, 3.63) is 11.9 Å². The molecular weight excluding hydrogens is 242 g/mol. The van der Waals surface area contributed by atoms with E-state index in [0.717, 1.165) is 50.9 Å². The molecule has 1 aliphatic heterocycles. The zero-order valence-corrected chi connectivity index (χ0v) is 11.3. The Labute approximate surface area is 113 Å². The van der Waals surface area contributed by atoms with Crippen molar-refractivity contribution in [3.8, 4) is 0 Å². The Morgan fingerprint density at radius 1 is 1.42 bits per heavy atom. The van der Waals surface area contributed by atoms with Crippen LogP contribution in [0.2, 0.25) is 0 Å². The van der Waals surface area contributed by atoms with Gasteiger partial charge in [-0.3, -0.25) is 4.79 Å². The Bertz CT molecular complexity index is 397. The fourth-order valence-corrected chi connectivity index (χ4v) is 2.41. The molecule has 2 rings (SSSR count). The summed E-state index contributed by atoms with van der Waals surface area (Å²) >= 11 is 0. The molecular formula is C13H23N5O. The second-order valence-corrected chi connectivity index (χ2v) is 5.14. The molecule has 106 valence electrons. The predicted octanol–water partition coefficient (Wildman–Crippen LogP) is 0.128. The number of ketones is 1. The molecule has 0 spiro atoms. The van der Waals surface area contributed by atoms with E-state index in [1.54, 1.807) is 4.68 Å². The highest BCUT2D eigenvalue weighted by Crippen LogP contribution is 2.13. The maximum atomic E-state index is 12.1. The van der Waals surface area contributed by atoms with Crippen molar-refractivity contribution in [2.24, 2.45) is 11.7 Å². The third-order valence-electron chi connectivity index (χ3n) is 3.59. The lowest BCUT2D eigenvalue weighted by atomic mass is 9.93. The van der Waals surface area contributed by atoms with E-state index in [-0.39, 0.29) is 11.7 Å². The van der Waals surface area contributed by atoms with Gasteiger partial charge in [-0.25, -0.2) is 4.68 Å². The monoisotopic (exact) mass is 265 g/mol. The van der Waals surface area contributed by atoms with E-state index in [2.05, 4.69) is 15.6 Å². The third kappa shape index (κ3) is 4.40. The van der Waals surface area contributed by atoms with Crippen LogP contribution < -0.4 is 11.1 Å². The van der Waals surface area contributed by atoms with Gasteiger partial charge >= 0.3 is 0 Å². The standard InChI is InChI=1S/C13H23N5O/c14-6-2-1-3-12-9-18(17-16-12)10-13(19)11-4-7-15-8-5-11/h9,11,15H,1-8,10,14H2. The summed E-state index contributed by atoms with van der Waals surface area (Å²) in [6, 6.07) is 0. The molecule has 1 aromatic heterocycles. The van der Waals surface area contributed by atoms with Gasteiger partial charge in [0.05, 0.1) is 5.69 Å². The number of rotatable bonds is 7. The van der Waals surface area contributed by atoms with E-state index in [1.165, 1.54) is 0 Å². The number of hydrogen-bond donors (Lipinski definition) is 2. The molecule has 0 aliphatic carbocycles. The molecule has 19 heavy (non-hydrogen) atoms. The molecule has 0 radical (unpaired) electrons. The van der Waals surface area contributed by atoms with Gasteiger partial charge in [0.1, 0.15) is 6.54 Å². The van der Waals surface area contributed by atoms with E-state index in [0.29, 0.717) is 13.1 Å². The average Bonchev–Trinajstić information content (AvgIpc) is 2.88. The lowest BCUT2D eigenvalue weighted by Crippen LogP contribution is -2.33. The number of hydrogen-bond acceptors (Lipinski definition) is 5. The lowest BCUT2D eigenvalue weighted by molar-refractivity contribution is -0.124. The number of carbonyl (C=O) groups excluding carboxylic acids is 1. The van der Waals surface area contributed by atoms with E-state index in [9.17, 15) is 4.79 Å². The predicted molar refractivity (Wildman–Crippen MR) is 72.6 cm³/mol. The Morgan fingerprint density at radius 2 is 2.21 bits per heavy atom. The quantitative estimate of drug-likeness (QED) is 0.684. The van der Waals surface area contributed by atoms with Gasteiger partial charge in [0.2, 0.25) is 0 Å². The van der Waals surface area contributed by atoms with Crippen molar-refractivity contribution >= 4 is 5.78 Å².